The smallest absolute Gasteiger partial charge is 0.261 e. The number of aryl methyl sites for hydroxylation is 2. The molecule has 36 heavy (non-hydrogen) atoms. The molecule has 0 aromatic heterocycles. The van der Waals surface area contributed by atoms with Crippen LogP contribution in [-0.2, 0) is 22.6 Å². The number of carbonyl (C=O) groups excluding carboxylic acids is 2. The van der Waals surface area contributed by atoms with Gasteiger partial charge in [-0.2, -0.15) is 0 Å². The van der Waals surface area contributed by atoms with Crippen LogP contribution in [0.5, 0.6) is 5.75 Å². The average Bonchev–Trinajstić information content (AvgIpc) is 2.84. The predicted octanol–water partition coefficient (Wildman–Crippen LogP) is 6.15. The number of hydrogen-bond donors (Lipinski definition) is 1. The van der Waals surface area contributed by atoms with Gasteiger partial charge in [0.25, 0.3) is 5.91 Å². The summed E-state index contributed by atoms with van der Waals surface area (Å²) in [6.45, 7) is 7.51. The number of amides is 2. The minimum atomic E-state index is -0.754. The molecule has 0 heterocycles. The zero-order valence-electron chi connectivity index (χ0n) is 21.1. The minimum absolute atomic E-state index is 0.0793. The molecule has 0 aliphatic rings. The highest BCUT2D eigenvalue weighted by Crippen LogP contribution is 2.26. The lowest BCUT2D eigenvalue weighted by Gasteiger charge is -2.32. The highest BCUT2D eigenvalue weighted by atomic mass is 35.5. The quantitative estimate of drug-likeness (QED) is 0.344. The van der Waals surface area contributed by atoms with Crippen molar-refractivity contribution in [2.24, 2.45) is 0 Å². The van der Waals surface area contributed by atoms with Gasteiger partial charge >= 0.3 is 0 Å². The van der Waals surface area contributed by atoms with Gasteiger partial charge in [0.05, 0.1) is 0 Å². The van der Waals surface area contributed by atoms with Crippen LogP contribution in [0.2, 0.25) is 10.0 Å². The second-order valence-electron chi connectivity index (χ2n) is 9.14. The molecule has 0 bridgehead atoms. The Morgan fingerprint density at radius 1 is 0.944 bits per heavy atom. The van der Waals surface area contributed by atoms with Crippen LogP contribution in [0.4, 0.5) is 0 Å². The van der Waals surface area contributed by atoms with Crippen LogP contribution in [0.3, 0.4) is 0 Å². The molecule has 0 fully saturated rings. The number of halogens is 2. The van der Waals surface area contributed by atoms with Crippen LogP contribution in [0.25, 0.3) is 0 Å². The fraction of sp³-hybridized carbons (Fsp3) is 0.310. The van der Waals surface area contributed by atoms with E-state index in [1.165, 1.54) is 0 Å². The molecule has 1 N–H and O–H groups in total. The summed E-state index contributed by atoms with van der Waals surface area (Å²) in [4.78, 5) is 28.6. The first kappa shape index (κ1) is 27.6. The maximum absolute atomic E-state index is 13.6. The second kappa shape index (κ2) is 12.8. The number of carbonyl (C=O) groups is 2. The van der Waals surface area contributed by atoms with Crippen molar-refractivity contribution in [3.63, 3.8) is 0 Å². The Labute approximate surface area is 223 Å². The summed E-state index contributed by atoms with van der Waals surface area (Å²) in [5.41, 5.74) is 3.43. The molecule has 1 atom stereocenters. The number of nitrogens with one attached hydrogen (secondary N) is 1. The third kappa shape index (κ3) is 7.49. The van der Waals surface area contributed by atoms with Gasteiger partial charge < -0.3 is 15.0 Å². The summed E-state index contributed by atoms with van der Waals surface area (Å²) in [5.74, 6) is -0.000800. The Balaban J connectivity index is 1.93. The van der Waals surface area contributed by atoms with Gasteiger partial charge in [-0.05, 0) is 68.1 Å². The first-order chi connectivity index (χ1) is 17.2. The molecule has 3 rings (SSSR count). The standard InChI is InChI=1S/C29H32Cl2N2O3/c1-19(2)32-29(35)26(16-22-10-6-5-7-11-22)33(17-23-12-8-9-13-25(23)30)27(34)18-36-24-14-20(3)28(31)21(4)15-24/h5-15,19,26H,16-18H2,1-4H3,(H,32,35)/t26-/m1/s1. The van der Waals surface area contributed by atoms with Crippen molar-refractivity contribution < 1.29 is 14.3 Å². The Kier molecular flexibility index (Phi) is 9.80. The highest BCUT2D eigenvalue weighted by Gasteiger charge is 2.31. The van der Waals surface area contributed by atoms with Crippen molar-refractivity contribution in [2.45, 2.75) is 52.7 Å². The SMILES string of the molecule is Cc1cc(OCC(=O)N(Cc2ccccc2Cl)[C@H](Cc2ccccc2)C(=O)NC(C)C)cc(C)c1Cl. The number of hydrogen-bond acceptors (Lipinski definition) is 3. The summed E-state index contributed by atoms with van der Waals surface area (Å²) in [6.07, 6.45) is 0.356. The monoisotopic (exact) mass is 526 g/mol. The molecule has 0 radical (unpaired) electrons. The third-order valence-corrected chi connectivity index (χ3v) is 6.74. The maximum Gasteiger partial charge on any atom is 0.261 e. The fourth-order valence-electron chi connectivity index (χ4n) is 3.96. The van der Waals surface area contributed by atoms with E-state index in [1.54, 1.807) is 23.1 Å². The van der Waals surface area contributed by atoms with Gasteiger partial charge in [-0.15, -0.1) is 0 Å². The minimum Gasteiger partial charge on any atom is -0.484 e. The van der Waals surface area contributed by atoms with E-state index < -0.39 is 6.04 Å². The second-order valence-corrected chi connectivity index (χ2v) is 9.93. The summed E-state index contributed by atoms with van der Waals surface area (Å²) in [5, 5.41) is 4.17. The molecule has 3 aromatic rings. The van der Waals surface area contributed by atoms with E-state index in [0.29, 0.717) is 22.2 Å². The fourth-order valence-corrected chi connectivity index (χ4v) is 4.27. The summed E-state index contributed by atoms with van der Waals surface area (Å²) in [7, 11) is 0. The number of nitrogens with zero attached hydrogens (tertiary/aromatic N) is 1. The molecule has 2 amide bonds. The van der Waals surface area contributed by atoms with Crippen LogP contribution >= 0.6 is 23.2 Å². The molecule has 3 aromatic carbocycles. The first-order valence-electron chi connectivity index (χ1n) is 11.9. The van der Waals surface area contributed by atoms with Crippen molar-refractivity contribution >= 4 is 35.0 Å². The Morgan fingerprint density at radius 2 is 1.56 bits per heavy atom. The van der Waals surface area contributed by atoms with Crippen LogP contribution in [0.15, 0.2) is 66.7 Å². The van der Waals surface area contributed by atoms with E-state index in [2.05, 4.69) is 5.32 Å². The van der Waals surface area contributed by atoms with Crippen molar-refractivity contribution in [1.29, 1.82) is 0 Å². The molecule has 190 valence electrons. The van der Waals surface area contributed by atoms with Gasteiger partial charge in [-0.1, -0.05) is 71.7 Å². The lowest BCUT2D eigenvalue weighted by molar-refractivity contribution is -0.143. The van der Waals surface area contributed by atoms with Gasteiger partial charge in [0, 0.05) is 29.1 Å². The molecule has 0 saturated carbocycles. The molecule has 0 spiro atoms. The van der Waals surface area contributed by atoms with E-state index >= 15 is 0 Å². The predicted molar refractivity (Wildman–Crippen MR) is 146 cm³/mol. The maximum atomic E-state index is 13.6. The number of ether oxygens (including phenoxy) is 1. The third-order valence-electron chi connectivity index (χ3n) is 5.77. The Bertz CT molecular complexity index is 1180. The molecule has 0 aliphatic carbocycles. The molecular weight excluding hydrogens is 495 g/mol. The summed E-state index contributed by atoms with van der Waals surface area (Å²) < 4.78 is 5.88. The van der Waals surface area contributed by atoms with Crippen LogP contribution < -0.4 is 10.1 Å². The van der Waals surface area contributed by atoms with E-state index in [1.807, 2.05) is 76.2 Å². The van der Waals surface area contributed by atoms with Gasteiger partial charge in [-0.3, -0.25) is 9.59 Å². The Morgan fingerprint density at radius 3 is 2.17 bits per heavy atom. The normalized spacial score (nSPS) is 11.8. The molecule has 0 saturated heterocycles. The van der Waals surface area contributed by atoms with Crippen molar-refractivity contribution in [3.8, 4) is 5.75 Å². The molecule has 5 nitrogen and oxygen atoms in total. The van der Waals surface area contributed by atoms with E-state index in [-0.39, 0.29) is 31.0 Å². The largest absolute Gasteiger partial charge is 0.484 e. The van der Waals surface area contributed by atoms with Crippen LogP contribution in [0, 0.1) is 13.8 Å². The lowest BCUT2D eigenvalue weighted by atomic mass is 10.0. The van der Waals surface area contributed by atoms with E-state index in [4.69, 9.17) is 27.9 Å². The van der Waals surface area contributed by atoms with Gasteiger partial charge in [0.1, 0.15) is 11.8 Å². The van der Waals surface area contributed by atoms with E-state index in [9.17, 15) is 9.59 Å². The van der Waals surface area contributed by atoms with Crippen LogP contribution in [-0.4, -0.2) is 35.4 Å². The van der Waals surface area contributed by atoms with Crippen molar-refractivity contribution in [3.05, 3.63) is 99.0 Å². The number of benzene rings is 3. The molecule has 0 unspecified atom stereocenters. The lowest BCUT2D eigenvalue weighted by Crippen LogP contribution is -2.52. The molecule has 0 aliphatic heterocycles. The Hall–Kier alpha value is -3.02. The zero-order chi connectivity index (χ0) is 26.2. The molecule has 7 heteroatoms. The average molecular weight is 527 g/mol. The van der Waals surface area contributed by atoms with Gasteiger partial charge in [-0.25, -0.2) is 0 Å². The summed E-state index contributed by atoms with van der Waals surface area (Å²) >= 11 is 12.7. The molecular formula is C29H32Cl2N2O3. The van der Waals surface area contributed by atoms with Crippen LogP contribution in [0.1, 0.15) is 36.1 Å². The van der Waals surface area contributed by atoms with Gasteiger partial charge in [0.2, 0.25) is 5.91 Å². The van der Waals surface area contributed by atoms with Crippen molar-refractivity contribution in [1.82, 2.24) is 10.2 Å². The van der Waals surface area contributed by atoms with Gasteiger partial charge in [0.15, 0.2) is 6.61 Å². The summed E-state index contributed by atoms with van der Waals surface area (Å²) in [6, 6.07) is 19.7. The topological polar surface area (TPSA) is 58.6 Å². The van der Waals surface area contributed by atoms with Crippen molar-refractivity contribution in [2.75, 3.05) is 6.61 Å². The number of rotatable bonds is 10. The first-order valence-corrected chi connectivity index (χ1v) is 12.7. The highest BCUT2D eigenvalue weighted by molar-refractivity contribution is 6.32. The zero-order valence-corrected chi connectivity index (χ0v) is 22.6. The van der Waals surface area contributed by atoms with E-state index in [0.717, 1.165) is 22.3 Å².